The lowest BCUT2D eigenvalue weighted by Crippen LogP contribution is -1.97. The number of nitrogens with two attached hydrogens (primary N) is 1. The molecule has 0 aliphatic rings. The summed E-state index contributed by atoms with van der Waals surface area (Å²) in [5.74, 6) is 6.92. The molecule has 82 valence electrons. The van der Waals surface area contributed by atoms with Crippen molar-refractivity contribution in [2.24, 2.45) is 10.9 Å². The van der Waals surface area contributed by atoms with Crippen LogP contribution in [0.3, 0.4) is 0 Å². The Morgan fingerprint density at radius 1 is 1.00 bits per heavy atom. The normalized spacial score (nSPS) is 10.3. The molecule has 1 rings (SSSR count). The third-order valence-corrected chi connectivity index (χ3v) is 1.95. The zero-order valence-electron chi connectivity index (χ0n) is 8.98. The predicted octanol–water partition coefficient (Wildman–Crippen LogP) is 1.00. The number of nitrogens with zero attached hydrogens (tertiary/aromatic N) is 1. The molecule has 0 bridgehead atoms. The average molecular weight is 210 g/mol. The molecule has 0 amide bonds. The summed E-state index contributed by atoms with van der Waals surface area (Å²) >= 11 is 0. The standard InChI is InChI=1S/C10H14N2O3/c1-13-8-5-10(15-3)9(14-2)4-7(8)6-12-11/h4-6H,11H2,1-3H3. The van der Waals surface area contributed by atoms with Gasteiger partial charge in [-0.15, -0.1) is 0 Å². The Hall–Kier alpha value is -1.91. The monoisotopic (exact) mass is 210 g/mol. The third kappa shape index (κ3) is 2.31. The molecule has 1 aromatic rings. The van der Waals surface area contributed by atoms with Crippen molar-refractivity contribution < 1.29 is 14.2 Å². The van der Waals surface area contributed by atoms with Crippen molar-refractivity contribution in [3.63, 3.8) is 0 Å². The van der Waals surface area contributed by atoms with Gasteiger partial charge in [-0.2, -0.15) is 5.10 Å². The van der Waals surface area contributed by atoms with Crippen LogP contribution in [0.4, 0.5) is 0 Å². The van der Waals surface area contributed by atoms with Crippen LogP contribution in [0.1, 0.15) is 5.56 Å². The first-order chi connectivity index (χ1) is 7.26. The maximum atomic E-state index is 5.16. The number of hydrogen-bond acceptors (Lipinski definition) is 5. The Bertz CT molecular complexity index is 364. The number of hydrazone groups is 1. The number of rotatable bonds is 4. The van der Waals surface area contributed by atoms with Crippen molar-refractivity contribution in [3.8, 4) is 17.2 Å². The molecule has 5 heteroatoms. The van der Waals surface area contributed by atoms with Gasteiger partial charge in [0.05, 0.1) is 27.5 Å². The second-order valence-corrected chi connectivity index (χ2v) is 2.73. The van der Waals surface area contributed by atoms with E-state index >= 15 is 0 Å². The molecule has 2 N–H and O–H groups in total. The second kappa shape index (κ2) is 5.09. The molecule has 15 heavy (non-hydrogen) atoms. The van der Waals surface area contributed by atoms with Crippen molar-refractivity contribution in [1.29, 1.82) is 0 Å². The molecule has 0 aromatic heterocycles. The first kappa shape index (κ1) is 11.2. The SMILES string of the molecule is COc1cc(OC)c(OC)cc1C=NN. The lowest BCUT2D eigenvalue weighted by Gasteiger charge is -2.11. The summed E-state index contributed by atoms with van der Waals surface area (Å²) in [6.45, 7) is 0. The van der Waals surface area contributed by atoms with E-state index in [0.29, 0.717) is 17.2 Å². The summed E-state index contributed by atoms with van der Waals surface area (Å²) in [6, 6.07) is 3.46. The van der Waals surface area contributed by atoms with E-state index < -0.39 is 0 Å². The Morgan fingerprint density at radius 3 is 2.00 bits per heavy atom. The van der Waals surface area contributed by atoms with Gasteiger partial charge in [-0.1, -0.05) is 0 Å². The van der Waals surface area contributed by atoms with E-state index in [4.69, 9.17) is 20.1 Å². The Morgan fingerprint density at radius 2 is 1.53 bits per heavy atom. The van der Waals surface area contributed by atoms with Crippen molar-refractivity contribution in [2.75, 3.05) is 21.3 Å². The molecule has 5 nitrogen and oxygen atoms in total. The fourth-order valence-electron chi connectivity index (χ4n) is 1.23. The van der Waals surface area contributed by atoms with Gasteiger partial charge in [-0.05, 0) is 6.07 Å². The van der Waals surface area contributed by atoms with Gasteiger partial charge in [0, 0.05) is 11.6 Å². The Balaban J connectivity index is 3.27. The zero-order chi connectivity index (χ0) is 11.3. The van der Waals surface area contributed by atoms with Crippen LogP contribution in [-0.4, -0.2) is 27.5 Å². The van der Waals surface area contributed by atoms with E-state index in [2.05, 4.69) is 5.10 Å². The van der Waals surface area contributed by atoms with Crippen molar-refractivity contribution >= 4 is 6.21 Å². The highest BCUT2D eigenvalue weighted by atomic mass is 16.5. The van der Waals surface area contributed by atoms with Crippen LogP contribution in [-0.2, 0) is 0 Å². The van der Waals surface area contributed by atoms with Crippen molar-refractivity contribution in [2.45, 2.75) is 0 Å². The summed E-state index contributed by atoms with van der Waals surface area (Å²) in [5, 5.41) is 3.44. The molecule has 0 saturated carbocycles. The van der Waals surface area contributed by atoms with Gasteiger partial charge < -0.3 is 20.1 Å². The predicted molar refractivity (Wildman–Crippen MR) is 57.9 cm³/mol. The minimum Gasteiger partial charge on any atom is -0.496 e. The molecule has 0 radical (unpaired) electrons. The fourth-order valence-corrected chi connectivity index (χ4v) is 1.23. The average Bonchev–Trinajstić information content (AvgIpc) is 2.28. The van der Waals surface area contributed by atoms with E-state index in [-0.39, 0.29) is 0 Å². The number of benzene rings is 1. The van der Waals surface area contributed by atoms with Gasteiger partial charge >= 0.3 is 0 Å². The van der Waals surface area contributed by atoms with E-state index in [1.165, 1.54) is 6.21 Å². The minimum atomic E-state index is 0.600. The molecule has 1 aromatic carbocycles. The smallest absolute Gasteiger partial charge is 0.164 e. The second-order valence-electron chi connectivity index (χ2n) is 2.73. The topological polar surface area (TPSA) is 66.1 Å². The summed E-state index contributed by atoms with van der Waals surface area (Å²) in [5.41, 5.74) is 0.734. The van der Waals surface area contributed by atoms with Gasteiger partial charge in [0.1, 0.15) is 5.75 Å². The molecular formula is C10H14N2O3. The van der Waals surface area contributed by atoms with Crippen LogP contribution in [0.25, 0.3) is 0 Å². The molecule has 0 unspecified atom stereocenters. The van der Waals surface area contributed by atoms with E-state index in [1.54, 1.807) is 33.5 Å². The highest BCUT2D eigenvalue weighted by Gasteiger charge is 2.09. The minimum absolute atomic E-state index is 0.600. The van der Waals surface area contributed by atoms with Gasteiger partial charge in [0.15, 0.2) is 11.5 Å². The lowest BCUT2D eigenvalue weighted by molar-refractivity contribution is 0.349. The van der Waals surface area contributed by atoms with Crippen LogP contribution in [0.15, 0.2) is 17.2 Å². The van der Waals surface area contributed by atoms with Crippen LogP contribution in [0.5, 0.6) is 17.2 Å². The van der Waals surface area contributed by atoms with Gasteiger partial charge in [-0.25, -0.2) is 0 Å². The largest absolute Gasteiger partial charge is 0.496 e. The molecule has 0 heterocycles. The summed E-state index contributed by atoms with van der Waals surface area (Å²) in [7, 11) is 4.69. The zero-order valence-corrected chi connectivity index (χ0v) is 8.98. The van der Waals surface area contributed by atoms with Gasteiger partial charge in [0.2, 0.25) is 0 Å². The first-order valence-corrected chi connectivity index (χ1v) is 4.30. The quantitative estimate of drug-likeness (QED) is 0.457. The maximum absolute atomic E-state index is 5.16. The van der Waals surface area contributed by atoms with E-state index in [9.17, 15) is 0 Å². The highest BCUT2D eigenvalue weighted by molar-refractivity contribution is 5.84. The molecule has 0 aliphatic heterocycles. The summed E-state index contributed by atoms with van der Waals surface area (Å²) in [4.78, 5) is 0. The molecule has 0 aliphatic carbocycles. The van der Waals surface area contributed by atoms with E-state index in [0.717, 1.165) is 5.56 Å². The highest BCUT2D eigenvalue weighted by Crippen LogP contribution is 2.33. The summed E-state index contributed by atoms with van der Waals surface area (Å²) < 4.78 is 15.4. The molecule has 0 spiro atoms. The number of methoxy groups -OCH3 is 3. The summed E-state index contributed by atoms with van der Waals surface area (Å²) in [6.07, 6.45) is 1.49. The van der Waals surface area contributed by atoms with Gasteiger partial charge in [-0.3, -0.25) is 0 Å². The number of ether oxygens (including phenoxy) is 3. The fraction of sp³-hybridized carbons (Fsp3) is 0.300. The van der Waals surface area contributed by atoms with Gasteiger partial charge in [0.25, 0.3) is 0 Å². The molecule has 0 fully saturated rings. The lowest BCUT2D eigenvalue weighted by atomic mass is 10.2. The van der Waals surface area contributed by atoms with Crippen LogP contribution >= 0.6 is 0 Å². The Kier molecular flexibility index (Phi) is 3.79. The van der Waals surface area contributed by atoms with Crippen LogP contribution < -0.4 is 20.1 Å². The molecular weight excluding hydrogens is 196 g/mol. The van der Waals surface area contributed by atoms with Crippen molar-refractivity contribution in [3.05, 3.63) is 17.7 Å². The third-order valence-electron chi connectivity index (χ3n) is 1.95. The molecule has 0 saturated heterocycles. The van der Waals surface area contributed by atoms with E-state index in [1.807, 2.05) is 0 Å². The Labute approximate surface area is 88.4 Å². The van der Waals surface area contributed by atoms with Crippen LogP contribution in [0, 0.1) is 0 Å². The number of hydrogen-bond donors (Lipinski definition) is 1. The van der Waals surface area contributed by atoms with Crippen molar-refractivity contribution in [1.82, 2.24) is 0 Å². The van der Waals surface area contributed by atoms with Crippen LogP contribution in [0.2, 0.25) is 0 Å². The first-order valence-electron chi connectivity index (χ1n) is 4.30. The maximum Gasteiger partial charge on any atom is 0.164 e. The molecule has 0 atom stereocenters.